The van der Waals surface area contributed by atoms with Gasteiger partial charge in [-0.05, 0) is 79.1 Å². The van der Waals surface area contributed by atoms with E-state index in [1.165, 1.54) is 0 Å². The Morgan fingerprint density at radius 2 is 0.560 bits per heavy atom. The number of hydrogen-bond donors (Lipinski definition) is 0. The first-order valence-corrected chi connectivity index (χ1v) is 16.8. The predicted molar refractivity (Wildman–Crippen MR) is 173 cm³/mol. The molecule has 2 unspecified atom stereocenters. The molecule has 0 spiro atoms. The zero-order chi connectivity index (χ0) is 34.9. The molecule has 270 valence electrons. The molecule has 0 aromatic heterocycles. The fourth-order valence-corrected chi connectivity index (χ4v) is 7.25. The maximum Gasteiger partial charge on any atom is 0.329 e. The Labute approximate surface area is 294 Å². The highest BCUT2D eigenvalue weighted by molar-refractivity contribution is 5.94. The number of nitrogens with zero attached hydrogens (tertiary/aromatic N) is 4. The summed E-state index contributed by atoms with van der Waals surface area (Å²) in [5.41, 5.74) is 0. The van der Waals surface area contributed by atoms with E-state index in [0.29, 0.717) is 26.2 Å². The lowest BCUT2D eigenvalue weighted by atomic mass is 10.2. The monoisotopic (exact) mass is 698 g/mol. The van der Waals surface area contributed by atoms with Crippen molar-refractivity contribution in [2.45, 2.75) is 128 Å². The average molecular weight is 698 g/mol. The SMILES string of the molecule is CC1OC(=O)[C@@H]2CCCN2C1=O.CC1OC(=O)[C@@H]2CCCN2C1=O.C[C@@H]1OC(=O)[C@@H]2CCCN2C1=O.C[C@H]1OC(=O)[C@@H]2CCCN2C1=O.[B].[B]. The lowest BCUT2D eigenvalue weighted by molar-refractivity contribution is -0.174. The highest BCUT2D eigenvalue weighted by Gasteiger charge is 2.45. The summed E-state index contributed by atoms with van der Waals surface area (Å²) in [5.74, 6) is -1.12. The first-order chi connectivity index (χ1) is 22.8. The molecule has 8 rings (SSSR count). The molecule has 0 aromatic carbocycles. The van der Waals surface area contributed by atoms with Gasteiger partial charge in [-0.2, -0.15) is 0 Å². The van der Waals surface area contributed by atoms with Crippen LogP contribution in [-0.4, -0.2) is 159 Å². The Balaban J connectivity index is 0.000000178. The maximum absolute atomic E-state index is 11.4. The Hall–Kier alpha value is -4.11. The molecule has 6 radical (unpaired) electrons. The van der Waals surface area contributed by atoms with E-state index in [9.17, 15) is 38.4 Å². The van der Waals surface area contributed by atoms with E-state index in [0.717, 1.165) is 51.4 Å². The highest BCUT2D eigenvalue weighted by Crippen LogP contribution is 2.27. The van der Waals surface area contributed by atoms with E-state index in [1.807, 2.05) is 0 Å². The first kappa shape index (κ1) is 40.3. The molecule has 8 saturated heterocycles. The van der Waals surface area contributed by atoms with Crippen molar-refractivity contribution >= 4 is 64.3 Å². The number of ether oxygens (including phenoxy) is 4. The van der Waals surface area contributed by atoms with Crippen molar-refractivity contribution in [2.75, 3.05) is 26.2 Å². The number of morpholine rings is 4. The lowest BCUT2D eigenvalue weighted by Gasteiger charge is -2.31. The largest absolute Gasteiger partial charge is 0.451 e. The third kappa shape index (κ3) is 8.09. The van der Waals surface area contributed by atoms with E-state index in [4.69, 9.17) is 18.9 Å². The Morgan fingerprint density at radius 3 is 0.740 bits per heavy atom. The zero-order valence-corrected chi connectivity index (χ0v) is 28.9. The van der Waals surface area contributed by atoms with Gasteiger partial charge in [-0.15, -0.1) is 0 Å². The van der Waals surface area contributed by atoms with Crippen LogP contribution in [0.4, 0.5) is 0 Å². The van der Waals surface area contributed by atoms with Crippen LogP contribution in [0, 0.1) is 0 Å². The molecule has 18 heteroatoms. The van der Waals surface area contributed by atoms with E-state index >= 15 is 0 Å². The van der Waals surface area contributed by atoms with Crippen LogP contribution < -0.4 is 0 Å². The van der Waals surface area contributed by atoms with Crippen LogP contribution in [0.15, 0.2) is 0 Å². The van der Waals surface area contributed by atoms with Crippen LogP contribution in [0.25, 0.3) is 0 Å². The summed E-state index contributed by atoms with van der Waals surface area (Å²) in [7, 11) is 0. The summed E-state index contributed by atoms with van der Waals surface area (Å²) in [6, 6.07) is -1.13. The van der Waals surface area contributed by atoms with Crippen LogP contribution >= 0.6 is 0 Å². The summed E-state index contributed by atoms with van der Waals surface area (Å²) >= 11 is 0. The van der Waals surface area contributed by atoms with E-state index in [1.54, 1.807) is 47.3 Å². The number of carbonyl (C=O) groups is 8. The second-order valence-electron chi connectivity index (χ2n) is 13.1. The van der Waals surface area contributed by atoms with Crippen LogP contribution in [0.5, 0.6) is 0 Å². The number of esters is 4. The van der Waals surface area contributed by atoms with Crippen LogP contribution in [0.2, 0.25) is 0 Å². The molecule has 8 heterocycles. The van der Waals surface area contributed by atoms with E-state index in [2.05, 4.69) is 0 Å². The minimum atomic E-state index is -0.577. The van der Waals surface area contributed by atoms with Crippen molar-refractivity contribution in [2.24, 2.45) is 0 Å². The molecule has 8 atom stereocenters. The maximum atomic E-state index is 11.4. The molecule has 0 bridgehead atoms. The molecule has 0 N–H and O–H groups in total. The molecule has 50 heavy (non-hydrogen) atoms. The third-order valence-corrected chi connectivity index (χ3v) is 9.79. The van der Waals surface area contributed by atoms with Crippen LogP contribution in [-0.2, 0) is 57.3 Å². The van der Waals surface area contributed by atoms with Gasteiger partial charge in [-0.25, -0.2) is 19.2 Å². The summed E-state index contributed by atoms with van der Waals surface area (Å²) in [5, 5.41) is 0. The second kappa shape index (κ2) is 16.7. The molecule has 8 fully saturated rings. The molecular weight excluding hydrogens is 654 g/mol. The second-order valence-corrected chi connectivity index (χ2v) is 13.1. The smallest absolute Gasteiger partial charge is 0.329 e. The number of carbonyl (C=O) groups excluding carboxylic acids is 8. The normalized spacial score (nSPS) is 33.5. The lowest BCUT2D eigenvalue weighted by Crippen LogP contribution is -2.52. The first-order valence-electron chi connectivity index (χ1n) is 16.8. The van der Waals surface area contributed by atoms with Crippen LogP contribution in [0.1, 0.15) is 79.1 Å². The molecule has 0 aromatic rings. The van der Waals surface area contributed by atoms with E-state index < -0.39 is 24.4 Å². The molecule has 4 amide bonds. The molecule has 8 aliphatic rings. The molecule has 0 saturated carbocycles. The van der Waals surface area contributed by atoms with Gasteiger partial charge >= 0.3 is 23.9 Å². The van der Waals surface area contributed by atoms with Crippen molar-refractivity contribution in [3.63, 3.8) is 0 Å². The Morgan fingerprint density at radius 1 is 0.380 bits per heavy atom. The van der Waals surface area contributed by atoms with Crippen molar-refractivity contribution < 1.29 is 57.3 Å². The quantitative estimate of drug-likeness (QED) is 0.170. The third-order valence-electron chi connectivity index (χ3n) is 9.79. The fourth-order valence-electron chi connectivity index (χ4n) is 7.25. The Kier molecular flexibility index (Phi) is 13.5. The molecule has 16 nitrogen and oxygen atoms in total. The topological polar surface area (TPSA) is 186 Å². The van der Waals surface area contributed by atoms with Gasteiger partial charge in [-0.1, -0.05) is 0 Å². The Bertz CT molecular complexity index is 1170. The zero-order valence-electron chi connectivity index (χ0n) is 28.9. The van der Waals surface area contributed by atoms with Gasteiger partial charge in [0.2, 0.25) is 0 Å². The molecule has 8 aliphatic heterocycles. The van der Waals surface area contributed by atoms with Gasteiger partial charge in [0, 0.05) is 43.0 Å². The summed E-state index contributed by atoms with van der Waals surface area (Å²) < 4.78 is 19.5. The average Bonchev–Trinajstić information content (AvgIpc) is 3.88. The number of hydrogen-bond acceptors (Lipinski definition) is 12. The minimum absolute atomic E-state index is 0. The minimum Gasteiger partial charge on any atom is -0.451 e. The number of rotatable bonds is 0. The van der Waals surface area contributed by atoms with Gasteiger partial charge in [0.1, 0.15) is 24.2 Å². The molecular formula is C32H44B2N4O12. The number of cyclic esters (lactones) is 4. The summed E-state index contributed by atoms with van der Waals surface area (Å²) in [4.78, 5) is 97.0. The van der Waals surface area contributed by atoms with Gasteiger partial charge in [0.05, 0.1) is 0 Å². The van der Waals surface area contributed by atoms with Gasteiger partial charge < -0.3 is 38.5 Å². The number of fused-ring (bicyclic) bond motifs is 4. The van der Waals surface area contributed by atoms with Crippen molar-refractivity contribution in [1.29, 1.82) is 0 Å². The summed E-state index contributed by atoms with van der Waals surface area (Å²) in [6.45, 7) is 9.32. The van der Waals surface area contributed by atoms with E-state index in [-0.39, 0.29) is 88.5 Å². The fraction of sp³-hybridized carbons (Fsp3) is 0.750. The predicted octanol–water partition coefficient (Wildman–Crippen LogP) is -1.07. The highest BCUT2D eigenvalue weighted by atomic mass is 16.6. The van der Waals surface area contributed by atoms with Gasteiger partial charge in [-0.3, -0.25) is 19.2 Å². The summed E-state index contributed by atoms with van der Waals surface area (Å²) in [6.07, 6.45) is 4.40. The van der Waals surface area contributed by atoms with Crippen molar-refractivity contribution in [3.8, 4) is 0 Å². The van der Waals surface area contributed by atoms with Crippen LogP contribution in [0.3, 0.4) is 0 Å². The number of amides is 4. The molecule has 0 aliphatic carbocycles. The van der Waals surface area contributed by atoms with Crippen molar-refractivity contribution in [3.05, 3.63) is 0 Å². The standard InChI is InChI=1S/4C8H11NO3.2B/c4*1-5-7(10)9-4-2-3-6(9)8(11)12-5;;/h4*5-6H,2-4H2,1H3;;/t2*5?,6-;5-,6+;5-,6-;;/m0010../s1. The van der Waals surface area contributed by atoms with Gasteiger partial charge in [0.25, 0.3) is 23.6 Å². The van der Waals surface area contributed by atoms with Crippen molar-refractivity contribution in [1.82, 2.24) is 19.6 Å². The van der Waals surface area contributed by atoms with Gasteiger partial charge in [0.15, 0.2) is 24.4 Å².